The van der Waals surface area contributed by atoms with Crippen LogP contribution in [0.1, 0.15) is 84.5 Å². The van der Waals surface area contributed by atoms with Crippen molar-refractivity contribution in [2.75, 3.05) is 0 Å². The summed E-state index contributed by atoms with van der Waals surface area (Å²) < 4.78 is 0. The van der Waals surface area contributed by atoms with E-state index >= 15 is 0 Å². The fraction of sp³-hybridized carbons (Fsp3) is 0.812. The highest BCUT2D eigenvalue weighted by atomic mass is 14.0. The van der Waals surface area contributed by atoms with Crippen LogP contribution in [0, 0.1) is 6.92 Å². The Kier molecular flexibility index (Phi) is 12.6. The molecule has 0 aliphatic carbocycles. The van der Waals surface area contributed by atoms with E-state index in [2.05, 4.69) is 26.8 Å². The second-order valence-electron chi connectivity index (χ2n) is 4.87. The van der Waals surface area contributed by atoms with Gasteiger partial charge in [0.1, 0.15) is 0 Å². The van der Waals surface area contributed by atoms with Gasteiger partial charge in [0.25, 0.3) is 0 Å². The molecule has 0 aromatic carbocycles. The predicted molar refractivity (Wildman–Crippen MR) is 75.6 cm³/mol. The van der Waals surface area contributed by atoms with E-state index in [1.807, 2.05) is 0 Å². The van der Waals surface area contributed by atoms with Crippen molar-refractivity contribution in [2.45, 2.75) is 84.5 Å². The summed E-state index contributed by atoms with van der Waals surface area (Å²) in [6, 6.07) is 0. The first-order chi connectivity index (χ1) is 7.81. The molecule has 0 saturated carbocycles. The van der Waals surface area contributed by atoms with Gasteiger partial charge in [-0.3, -0.25) is 0 Å². The van der Waals surface area contributed by atoms with Gasteiger partial charge in [-0.05, 0) is 26.2 Å². The Morgan fingerprint density at radius 3 is 1.88 bits per heavy atom. The van der Waals surface area contributed by atoms with Crippen LogP contribution < -0.4 is 0 Å². The van der Waals surface area contributed by atoms with E-state index in [1.165, 1.54) is 64.2 Å². The van der Waals surface area contributed by atoms with Gasteiger partial charge in [-0.15, -0.1) is 0 Å². The molecule has 1 radical (unpaired) electrons. The smallest absolute Gasteiger partial charge is 0.0348 e. The monoisotopic (exact) mass is 223 g/mol. The van der Waals surface area contributed by atoms with Gasteiger partial charge in [0.05, 0.1) is 0 Å². The molecule has 0 heteroatoms. The molecule has 0 rings (SSSR count). The fourth-order valence-corrected chi connectivity index (χ4v) is 1.87. The zero-order chi connectivity index (χ0) is 12.1. The van der Waals surface area contributed by atoms with Gasteiger partial charge >= 0.3 is 0 Å². The van der Waals surface area contributed by atoms with Gasteiger partial charge < -0.3 is 0 Å². The lowest BCUT2D eigenvalue weighted by Gasteiger charge is -2.01. The Labute approximate surface area is 104 Å². The molecule has 0 N–H and O–H groups in total. The van der Waals surface area contributed by atoms with E-state index in [0.717, 1.165) is 6.42 Å². The SMILES string of the molecule is [CH2]CCCCCCCCCCC=C(C)CC. The first-order valence-corrected chi connectivity index (χ1v) is 7.26. The molecular weight excluding hydrogens is 192 g/mol. The third-order valence-corrected chi connectivity index (χ3v) is 3.25. The van der Waals surface area contributed by atoms with Crippen LogP contribution in [0.15, 0.2) is 11.6 Å². The van der Waals surface area contributed by atoms with Crippen LogP contribution in [-0.4, -0.2) is 0 Å². The summed E-state index contributed by atoms with van der Waals surface area (Å²) in [7, 11) is 0. The lowest BCUT2D eigenvalue weighted by molar-refractivity contribution is 0.570. The maximum atomic E-state index is 3.87. The summed E-state index contributed by atoms with van der Waals surface area (Å²) in [5.74, 6) is 0. The van der Waals surface area contributed by atoms with Crippen LogP contribution in [0.4, 0.5) is 0 Å². The van der Waals surface area contributed by atoms with Gasteiger partial charge in [0, 0.05) is 0 Å². The molecule has 0 aliphatic heterocycles. The minimum absolute atomic E-state index is 1.11. The minimum Gasteiger partial charge on any atom is -0.0856 e. The fourth-order valence-electron chi connectivity index (χ4n) is 1.87. The lowest BCUT2D eigenvalue weighted by atomic mass is 10.1. The topological polar surface area (TPSA) is 0 Å². The average molecular weight is 223 g/mol. The lowest BCUT2D eigenvalue weighted by Crippen LogP contribution is -1.81. The highest BCUT2D eigenvalue weighted by Crippen LogP contribution is 2.11. The zero-order valence-corrected chi connectivity index (χ0v) is 11.6. The van der Waals surface area contributed by atoms with E-state index in [1.54, 1.807) is 5.57 Å². The molecule has 95 valence electrons. The number of unbranched alkanes of at least 4 members (excludes halogenated alkanes) is 9. The summed E-state index contributed by atoms with van der Waals surface area (Å²) in [5.41, 5.74) is 1.55. The number of hydrogen-bond donors (Lipinski definition) is 0. The molecule has 0 saturated heterocycles. The summed E-state index contributed by atoms with van der Waals surface area (Å²) in [4.78, 5) is 0. The molecule has 0 atom stereocenters. The summed E-state index contributed by atoms with van der Waals surface area (Å²) in [5, 5.41) is 0. The molecule has 0 aliphatic rings. The van der Waals surface area contributed by atoms with Gasteiger partial charge in [0.2, 0.25) is 0 Å². The normalized spacial score (nSPS) is 12.1. The highest BCUT2D eigenvalue weighted by Gasteiger charge is 1.91. The van der Waals surface area contributed by atoms with E-state index in [9.17, 15) is 0 Å². The van der Waals surface area contributed by atoms with Crippen molar-refractivity contribution >= 4 is 0 Å². The largest absolute Gasteiger partial charge is 0.0856 e. The van der Waals surface area contributed by atoms with E-state index in [4.69, 9.17) is 0 Å². The van der Waals surface area contributed by atoms with Gasteiger partial charge in [-0.2, -0.15) is 0 Å². The number of allylic oxidation sites excluding steroid dienone is 2. The van der Waals surface area contributed by atoms with E-state index < -0.39 is 0 Å². The molecule has 0 unspecified atom stereocenters. The van der Waals surface area contributed by atoms with Crippen molar-refractivity contribution in [2.24, 2.45) is 0 Å². The molecule has 0 aromatic heterocycles. The molecule has 0 heterocycles. The van der Waals surface area contributed by atoms with Crippen LogP contribution >= 0.6 is 0 Å². The quantitative estimate of drug-likeness (QED) is 0.294. The Balaban J connectivity index is 3.04. The van der Waals surface area contributed by atoms with Gasteiger partial charge in [-0.1, -0.05) is 76.9 Å². The highest BCUT2D eigenvalue weighted by molar-refractivity contribution is 4.96. The molecule has 0 aromatic rings. The van der Waals surface area contributed by atoms with Crippen molar-refractivity contribution in [3.05, 3.63) is 18.6 Å². The molecule has 0 nitrogen and oxygen atoms in total. The molecule has 16 heavy (non-hydrogen) atoms. The summed E-state index contributed by atoms with van der Waals surface area (Å²) >= 11 is 0. The van der Waals surface area contributed by atoms with Crippen molar-refractivity contribution < 1.29 is 0 Å². The molecule has 0 bridgehead atoms. The summed E-state index contributed by atoms with van der Waals surface area (Å²) in [6.45, 7) is 8.34. The Bertz CT molecular complexity index is 155. The van der Waals surface area contributed by atoms with Crippen LogP contribution in [0.3, 0.4) is 0 Å². The third-order valence-electron chi connectivity index (χ3n) is 3.25. The van der Waals surface area contributed by atoms with E-state index in [-0.39, 0.29) is 0 Å². The number of hydrogen-bond acceptors (Lipinski definition) is 0. The second-order valence-corrected chi connectivity index (χ2v) is 4.87. The maximum Gasteiger partial charge on any atom is -0.0348 e. The number of rotatable bonds is 11. The predicted octanol–water partition coefficient (Wildman–Crippen LogP) is 6.08. The van der Waals surface area contributed by atoms with Crippen molar-refractivity contribution in [3.8, 4) is 0 Å². The Morgan fingerprint density at radius 2 is 1.38 bits per heavy atom. The van der Waals surface area contributed by atoms with Crippen LogP contribution in [0.5, 0.6) is 0 Å². The Morgan fingerprint density at radius 1 is 0.875 bits per heavy atom. The average Bonchev–Trinajstić information content (AvgIpc) is 2.31. The van der Waals surface area contributed by atoms with E-state index in [0.29, 0.717) is 0 Å². The minimum atomic E-state index is 1.11. The van der Waals surface area contributed by atoms with Crippen molar-refractivity contribution in [3.63, 3.8) is 0 Å². The maximum absolute atomic E-state index is 3.87. The zero-order valence-electron chi connectivity index (χ0n) is 11.6. The standard InChI is InChI=1S/C16H31/c1-4-6-7-8-9-10-11-12-13-14-15-16(3)5-2/h15H,1,4-14H2,2-3H3. The molecule has 0 spiro atoms. The van der Waals surface area contributed by atoms with Crippen molar-refractivity contribution in [1.29, 1.82) is 0 Å². The Hall–Kier alpha value is -0.260. The van der Waals surface area contributed by atoms with Crippen molar-refractivity contribution in [1.82, 2.24) is 0 Å². The third kappa shape index (κ3) is 11.8. The molecule has 0 fully saturated rings. The summed E-state index contributed by atoms with van der Waals surface area (Å²) in [6.07, 6.45) is 17.3. The first kappa shape index (κ1) is 15.7. The first-order valence-electron chi connectivity index (χ1n) is 7.26. The second kappa shape index (κ2) is 12.8. The van der Waals surface area contributed by atoms with Gasteiger partial charge in [-0.25, -0.2) is 0 Å². The van der Waals surface area contributed by atoms with Crippen LogP contribution in [-0.2, 0) is 0 Å². The van der Waals surface area contributed by atoms with Crippen LogP contribution in [0.2, 0.25) is 0 Å². The molecule has 0 amide bonds. The van der Waals surface area contributed by atoms with Gasteiger partial charge in [0.15, 0.2) is 0 Å². The van der Waals surface area contributed by atoms with Crippen LogP contribution in [0.25, 0.3) is 0 Å². The molecular formula is C16H31.